The summed E-state index contributed by atoms with van der Waals surface area (Å²) >= 11 is 7.76. The van der Waals surface area contributed by atoms with Gasteiger partial charge in [-0.1, -0.05) is 35.1 Å². The fraction of sp³-hybridized carbons (Fsp3) is 0.333. The fourth-order valence-corrected chi connectivity index (χ4v) is 4.39. The van der Waals surface area contributed by atoms with Crippen molar-refractivity contribution in [3.8, 4) is 11.5 Å². The number of fused-ring (bicyclic) bond motifs is 2. The number of benzene rings is 2. The topological polar surface area (TPSA) is 54.9 Å². The molecule has 3 aromatic rings. The van der Waals surface area contributed by atoms with Crippen LogP contribution < -0.4 is 14.4 Å². The normalized spacial score (nSPS) is 13.1. The van der Waals surface area contributed by atoms with Crippen LogP contribution in [0.25, 0.3) is 10.2 Å². The molecule has 0 atom stereocenters. The fourth-order valence-electron chi connectivity index (χ4n) is 3.18. The number of nitrogens with zero attached hydrogens (tertiary/aromatic N) is 3. The van der Waals surface area contributed by atoms with Gasteiger partial charge in [0.2, 0.25) is 0 Å². The molecule has 0 saturated carbocycles. The van der Waals surface area contributed by atoms with E-state index in [1.54, 1.807) is 17.0 Å². The van der Waals surface area contributed by atoms with Crippen LogP contribution in [0.1, 0.15) is 16.8 Å². The molecule has 1 aliphatic heterocycles. The van der Waals surface area contributed by atoms with E-state index < -0.39 is 0 Å². The number of thiazole rings is 1. The van der Waals surface area contributed by atoms with Crippen LogP contribution in [-0.2, 0) is 0 Å². The standard InChI is InChI=1S/C21H22ClN3O3S/c1-24(2)8-5-9-25(20(26)14-6-3-4-7-15(14)22)21-23-16-12-17-18(13-19(16)29-21)28-11-10-27-17/h3-4,6-7,12-13H,5,8-11H2,1-2H3. The summed E-state index contributed by atoms with van der Waals surface area (Å²) in [5, 5.41) is 1.08. The molecule has 0 spiro atoms. The average molecular weight is 432 g/mol. The molecule has 0 bridgehead atoms. The van der Waals surface area contributed by atoms with Crippen LogP contribution >= 0.6 is 22.9 Å². The Bertz CT molecular complexity index is 994. The maximum atomic E-state index is 13.3. The van der Waals surface area contributed by atoms with E-state index in [4.69, 9.17) is 26.1 Å². The molecule has 0 N–H and O–H groups in total. The van der Waals surface area contributed by atoms with Gasteiger partial charge in [-0.15, -0.1) is 0 Å². The van der Waals surface area contributed by atoms with Crippen LogP contribution in [0, 0.1) is 0 Å². The molecule has 8 heteroatoms. The van der Waals surface area contributed by atoms with Crippen molar-refractivity contribution in [2.45, 2.75) is 6.42 Å². The summed E-state index contributed by atoms with van der Waals surface area (Å²) in [7, 11) is 4.03. The lowest BCUT2D eigenvalue weighted by molar-refractivity contribution is 0.0986. The Morgan fingerprint density at radius 1 is 1.14 bits per heavy atom. The largest absolute Gasteiger partial charge is 0.486 e. The van der Waals surface area contributed by atoms with Crippen molar-refractivity contribution in [2.24, 2.45) is 0 Å². The van der Waals surface area contributed by atoms with E-state index in [1.807, 2.05) is 38.4 Å². The number of ether oxygens (including phenoxy) is 2. The van der Waals surface area contributed by atoms with Gasteiger partial charge in [0.15, 0.2) is 16.6 Å². The molecule has 2 heterocycles. The van der Waals surface area contributed by atoms with Gasteiger partial charge in [0.1, 0.15) is 13.2 Å². The minimum absolute atomic E-state index is 0.148. The van der Waals surface area contributed by atoms with E-state index in [-0.39, 0.29) is 5.91 Å². The van der Waals surface area contributed by atoms with Crippen molar-refractivity contribution in [1.82, 2.24) is 9.88 Å². The van der Waals surface area contributed by atoms with E-state index in [9.17, 15) is 4.79 Å². The molecule has 29 heavy (non-hydrogen) atoms. The molecule has 2 aromatic carbocycles. The van der Waals surface area contributed by atoms with Gasteiger partial charge in [0.25, 0.3) is 5.91 Å². The quantitative estimate of drug-likeness (QED) is 0.581. The van der Waals surface area contributed by atoms with Crippen LogP contribution in [0.2, 0.25) is 5.02 Å². The second kappa shape index (κ2) is 8.57. The molecule has 1 aliphatic rings. The van der Waals surface area contributed by atoms with Crippen LogP contribution in [0.3, 0.4) is 0 Å². The first-order valence-electron chi connectivity index (χ1n) is 9.44. The average Bonchev–Trinajstić information content (AvgIpc) is 3.11. The third kappa shape index (κ3) is 4.32. The van der Waals surface area contributed by atoms with Gasteiger partial charge in [0, 0.05) is 18.7 Å². The zero-order chi connectivity index (χ0) is 20.4. The van der Waals surface area contributed by atoms with Crippen LogP contribution in [0.4, 0.5) is 5.13 Å². The van der Waals surface area contributed by atoms with Gasteiger partial charge in [-0.25, -0.2) is 4.98 Å². The van der Waals surface area contributed by atoms with Crippen molar-refractivity contribution < 1.29 is 14.3 Å². The molecule has 0 radical (unpaired) electrons. The highest BCUT2D eigenvalue weighted by molar-refractivity contribution is 7.22. The summed E-state index contributed by atoms with van der Waals surface area (Å²) < 4.78 is 12.3. The highest BCUT2D eigenvalue weighted by atomic mass is 35.5. The van der Waals surface area contributed by atoms with Crippen molar-refractivity contribution in [1.29, 1.82) is 0 Å². The number of aromatic nitrogens is 1. The summed E-state index contributed by atoms with van der Waals surface area (Å²) in [6.07, 6.45) is 0.821. The molecule has 0 aliphatic carbocycles. The van der Waals surface area contributed by atoms with Crippen LogP contribution in [0.15, 0.2) is 36.4 Å². The SMILES string of the molecule is CN(C)CCCN(C(=O)c1ccccc1Cl)c1nc2cc3c(cc2s1)OCCO3. The third-order valence-electron chi connectivity index (χ3n) is 4.61. The van der Waals surface area contributed by atoms with E-state index in [0.29, 0.717) is 41.2 Å². The van der Waals surface area contributed by atoms with Crippen molar-refractivity contribution in [3.63, 3.8) is 0 Å². The third-order valence-corrected chi connectivity index (χ3v) is 5.98. The van der Waals surface area contributed by atoms with E-state index in [1.165, 1.54) is 11.3 Å². The number of hydrogen-bond donors (Lipinski definition) is 0. The first kappa shape index (κ1) is 19.9. The second-order valence-electron chi connectivity index (χ2n) is 7.05. The summed E-state index contributed by atoms with van der Waals surface area (Å²) in [4.78, 5) is 21.9. The Labute approximate surface area is 178 Å². The molecule has 1 aromatic heterocycles. The second-order valence-corrected chi connectivity index (χ2v) is 8.47. The molecule has 152 valence electrons. The minimum atomic E-state index is -0.148. The molecule has 4 rings (SSSR count). The summed E-state index contributed by atoms with van der Waals surface area (Å²) in [5.41, 5.74) is 1.27. The zero-order valence-corrected chi connectivity index (χ0v) is 17.9. The summed E-state index contributed by atoms with van der Waals surface area (Å²) in [6, 6.07) is 10.9. The number of anilines is 1. The molecule has 0 saturated heterocycles. The summed E-state index contributed by atoms with van der Waals surface area (Å²) in [6.45, 7) is 2.48. The maximum Gasteiger partial charge on any atom is 0.261 e. The minimum Gasteiger partial charge on any atom is -0.486 e. The molecule has 0 fully saturated rings. The zero-order valence-electron chi connectivity index (χ0n) is 16.4. The predicted molar refractivity (Wildman–Crippen MR) is 117 cm³/mol. The maximum absolute atomic E-state index is 13.3. The van der Waals surface area contributed by atoms with Gasteiger partial charge < -0.3 is 14.4 Å². The molecule has 1 amide bonds. The van der Waals surface area contributed by atoms with E-state index in [0.717, 1.165) is 28.9 Å². The first-order chi connectivity index (χ1) is 14.0. The number of hydrogen-bond acceptors (Lipinski definition) is 6. The lowest BCUT2D eigenvalue weighted by Gasteiger charge is -2.21. The lowest BCUT2D eigenvalue weighted by Crippen LogP contribution is -2.33. The molecule has 6 nitrogen and oxygen atoms in total. The van der Waals surface area contributed by atoms with Gasteiger partial charge in [-0.3, -0.25) is 9.69 Å². The number of carbonyl (C=O) groups is 1. The molecular formula is C21H22ClN3O3S. The monoisotopic (exact) mass is 431 g/mol. The number of rotatable bonds is 6. The highest BCUT2D eigenvalue weighted by Crippen LogP contribution is 2.39. The van der Waals surface area contributed by atoms with Crippen molar-refractivity contribution in [2.75, 3.05) is 45.3 Å². The van der Waals surface area contributed by atoms with Gasteiger partial charge in [-0.2, -0.15) is 0 Å². The van der Waals surface area contributed by atoms with Gasteiger partial charge >= 0.3 is 0 Å². The van der Waals surface area contributed by atoms with Crippen molar-refractivity contribution >= 4 is 44.2 Å². The Morgan fingerprint density at radius 2 is 1.86 bits per heavy atom. The van der Waals surface area contributed by atoms with Crippen LogP contribution in [0.5, 0.6) is 11.5 Å². The van der Waals surface area contributed by atoms with E-state index >= 15 is 0 Å². The van der Waals surface area contributed by atoms with Crippen molar-refractivity contribution in [3.05, 3.63) is 47.0 Å². The Kier molecular flexibility index (Phi) is 5.89. The Hall–Kier alpha value is -2.35. The van der Waals surface area contributed by atoms with Gasteiger partial charge in [-0.05, 0) is 39.2 Å². The Morgan fingerprint density at radius 3 is 2.59 bits per heavy atom. The lowest BCUT2D eigenvalue weighted by atomic mass is 10.2. The molecule has 0 unspecified atom stereocenters. The Balaban J connectivity index is 1.70. The smallest absolute Gasteiger partial charge is 0.261 e. The molecular weight excluding hydrogens is 410 g/mol. The first-order valence-corrected chi connectivity index (χ1v) is 10.6. The predicted octanol–water partition coefficient (Wildman–Crippen LogP) is 4.32. The highest BCUT2D eigenvalue weighted by Gasteiger charge is 2.24. The van der Waals surface area contributed by atoms with Crippen LogP contribution in [-0.4, -0.2) is 56.2 Å². The number of carbonyl (C=O) groups excluding carboxylic acids is 1. The number of halogens is 1. The van der Waals surface area contributed by atoms with Gasteiger partial charge in [0.05, 0.1) is 20.8 Å². The van der Waals surface area contributed by atoms with E-state index in [2.05, 4.69) is 4.90 Å². The summed E-state index contributed by atoms with van der Waals surface area (Å²) in [5.74, 6) is 1.26. The number of amides is 1.